The number of nitrogens with zero attached hydrogens (tertiary/aromatic N) is 9. The summed E-state index contributed by atoms with van der Waals surface area (Å²) in [6, 6.07) is 16.5. The van der Waals surface area contributed by atoms with Crippen molar-refractivity contribution in [1.82, 2.24) is 60.1 Å². The highest BCUT2D eigenvalue weighted by Gasteiger charge is 1.93. The fourth-order valence-corrected chi connectivity index (χ4v) is 5.92. The first-order valence-corrected chi connectivity index (χ1v) is 25.9. The molecule has 0 unspecified atom stereocenters. The maximum absolute atomic E-state index is 4.71. The van der Waals surface area contributed by atoms with E-state index < -0.39 is 0 Å². The summed E-state index contributed by atoms with van der Waals surface area (Å²) < 4.78 is 8.68. The van der Waals surface area contributed by atoms with Crippen LogP contribution in [0.1, 0.15) is 111 Å². The topological polar surface area (TPSA) is 177 Å². The Balaban J connectivity index is 0.000000411. The van der Waals surface area contributed by atoms with E-state index in [2.05, 4.69) is 164 Å². The van der Waals surface area contributed by atoms with Crippen LogP contribution in [0.4, 0.5) is 0 Å². The van der Waals surface area contributed by atoms with Gasteiger partial charge < -0.3 is 4.52 Å². The Bertz CT molecular complexity index is 2350. The van der Waals surface area contributed by atoms with Gasteiger partial charge in [0, 0.05) is 75.3 Å². The third-order valence-corrected chi connectivity index (χ3v) is 13.2. The molecule has 0 radical (unpaired) electrons. The SMILES string of the molecule is Cc1ccccc1C.Cc1cccnc1C.Cc1ccncc1C.Cc1ccsc1C.Cc1cn[nH]c1C.Cc1cn[nH]c1C.Cc1cn[nH]c1C.Cc1cnoc1C.Cc1cnsc1C.Cc1nccnc1C. The first-order chi connectivity index (χ1) is 35.0. The molecule has 0 fully saturated rings. The standard InChI is InChI=1S/C8H10.2C7H9N.C6H8N2.C6H8S.3C5H8N2.C5H7NO.C5H7NS/c1-7-5-3-4-6-8(7)2;1-6-3-4-8-5-7(6)2;1-6-4-3-5-8-7(6)2;1-5-6(2)8-4-3-7-5;1-5-3-4-7-6(5)2;5*1-4-3-6-7-5(4)2/h3-6H,1-2H3;2*3-5H,1-2H3;3-4H,1-2H3;3-4H,1-2H3;3*3H,1-2H3,(H,6,7);2*3H,1-2H3. The van der Waals surface area contributed by atoms with Gasteiger partial charge in [-0.1, -0.05) is 35.5 Å². The van der Waals surface area contributed by atoms with Crippen molar-refractivity contribution in [1.29, 1.82) is 0 Å². The quantitative estimate of drug-likeness (QED) is 0.132. The predicted molar refractivity (Wildman–Crippen MR) is 310 cm³/mol. The number of thiophene rings is 1. The molecule has 0 aliphatic carbocycles. The zero-order valence-corrected chi connectivity index (χ0v) is 49.4. The smallest absolute Gasteiger partial charge is 0.136 e. The van der Waals surface area contributed by atoms with Crippen LogP contribution in [0.15, 0.2) is 120 Å². The van der Waals surface area contributed by atoms with Gasteiger partial charge in [0.2, 0.25) is 0 Å². The first-order valence-electron chi connectivity index (χ1n) is 24.2. The van der Waals surface area contributed by atoms with Crippen LogP contribution in [0.3, 0.4) is 0 Å². The zero-order valence-electron chi connectivity index (χ0n) is 47.7. The summed E-state index contributed by atoms with van der Waals surface area (Å²) in [5, 5.41) is 25.5. The van der Waals surface area contributed by atoms with E-state index in [-0.39, 0.29) is 0 Å². The highest BCUT2D eigenvalue weighted by atomic mass is 32.1. The molecule has 9 aromatic heterocycles. The van der Waals surface area contributed by atoms with E-state index in [9.17, 15) is 0 Å². The summed E-state index contributed by atoms with van der Waals surface area (Å²) in [5.74, 6) is 0.903. The van der Waals surface area contributed by atoms with Crippen LogP contribution >= 0.6 is 22.9 Å². The molecule has 1 aromatic carbocycles. The summed E-state index contributed by atoms with van der Waals surface area (Å²) >= 11 is 3.36. The summed E-state index contributed by atoms with van der Waals surface area (Å²) in [5.41, 5.74) is 20.6. The Morgan fingerprint density at radius 2 is 0.838 bits per heavy atom. The van der Waals surface area contributed by atoms with Crippen molar-refractivity contribution in [3.8, 4) is 0 Å². The molecule has 13 nitrogen and oxygen atoms in total. The van der Waals surface area contributed by atoms with Crippen LogP contribution in [-0.2, 0) is 0 Å². The molecule has 10 rings (SSSR count). The number of aromatic nitrogens is 12. The van der Waals surface area contributed by atoms with Crippen LogP contribution in [0.5, 0.6) is 0 Å². The number of pyridine rings is 2. The van der Waals surface area contributed by atoms with Crippen LogP contribution < -0.4 is 0 Å². The van der Waals surface area contributed by atoms with Gasteiger partial charge in [0.25, 0.3) is 0 Å². The molecular formula is C59H82N12OS2. The highest BCUT2D eigenvalue weighted by molar-refractivity contribution is 7.10. The second kappa shape index (κ2) is 36.6. The van der Waals surface area contributed by atoms with Crippen LogP contribution in [0, 0.1) is 138 Å². The number of hydrogen-bond acceptors (Lipinski definition) is 12. The van der Waals surface area contributed by atoms with E-state index in [0.717, 1.165) is 45.5 Å². The number of aryl methyl sites for hydroxylation is 20. The Hall–Kier alpha value is -7.23. The molecule has 0 saturated heterocycles. The Kier molecular flexibility index (Phi) is 32.1. The second-order valence-electron chi connectivity index (χ2n) is 17.5. The molecule has 0 aliphatic heterocycles. The van der Waals surface area contributed by atoms with Gasteiger partial charge in [0.1, 0.15) is 5.76 Å². The van der Waals surface area contributed by atoms with Crippen molar-refractivity contribution < 1.29 is 4.52 Å². The van der Waals surface area contributed by atoms with Crippen LogP contribution in [0.2, 0.25) is 0 Å². The minimum absolute atomic E-state index is 0.903. The average molecular weight is 1040 g/mol. The lowest BCUT2D eigenvalue weighted by molar-refractivity contribution is 0.396. The number of H-pyrrole nitrogens is 3. The van der Waals surface area contributed by atoms with E-state index >= 15 is 0 Å². The number of benzene rings is 1. The Morgan fingerprint density at radius 1 is 0.365 bits per heavy atom. The van der Waals surface area contributed by atoms with Crippen molar-refractivity contribution in [3.05, 3.63) is 227 Å². The maximum Gasteiger partial charge on any atom is 0.136 e. The van der Waals surface area contributed by atoms with Gasteiger partial charge in [0.15, 0.2) is 0 Å². The molecule has 0 bridgehead atoms. The normalized spacial score (nSPS) is 9.35. The highest BCUT2D eigenvalue weighted by Crippen LogP contribution is 2.12. The third-order valence-electron chi connectivity index (χ3n) is 11.5. The average Bonchev–Trinajstić information content (AvgIpc) is 4.27. The Labute approximate surface area is 450 Å². The molecule has 9 heterocycles. The second-order valence-corrected chi connectivity index (χ2v) is 19.6. The molecule has 0 aliphatic rings. The molecule has 3 N–H and O–H groups in total. The monoisotopic (exact) mass is 1040 g/mol. The molecule has 0 atom stereocenters. The molecule has 10 aromatic rings. The van der Waals surface area contributed by atoms with Gasteiger partial charge >= 0.3 is 0 Å². The summed E-state index contributed by atoms with van der Waals surface area (Å²) in [4.78, 5) is 18.8. The lowest BCUT2D eigenvalue weighted by atomic mass is 10.1. The third kappa shape index (κ3) is 28.1. The van der Waals surface area contributed by atoms with Gasteiger partial charge in [-0.25, -0.2) is 4.37 Å². The summed E-state index contributed by atoms with van der Waals surface area (Å²) in [7, 11) is 0. The van der Waals surface area contributed by atoms with Gasteiger partial charge in [-0.05, 0) is 229 Å². The Morgan fingerprint density at radius 3 is 1.03 bits per heavy atom. The van der Waals surface area contributed by atoms with E-state index in [1.807, 2.05) is 132 Å². The van der Waals surface area contributed by atoms with Crippen molar-refractivity contribution >= 4 is 22.9 Å². The van der Waals surface area contributed by atoms with Gasteiger partial charge in [-0.2, -0.15) is 15.3 Å². The fourth-order valence-electron chi connectivity index (χ4n) is 4.62. The molecule has 0 saturated carbocycles. The van der Waals surface area contributed by atoms with E-state index in [1.54, 1.807) is 41.5 Å². The molecule has 15 heteroatoms. The predicted octanol–water partition coefficient (Wildman–Crippen LogP) is 15.3. The number of nitrogens with one attached hydrogen (secondary N) is 3. The van der Waals surface area contributed by atoms with Crippen molar-refractivity contribution in [3.63, 3.8) is 0 Å². The van der Waals surface area contributed by atoms with E-state index in [0.29, 0.717) is 0 Å². The lowest BCUT2D eigenvalue weighted by Crippen LogP contribution is -1.87. The first kappa shape index (κ1) is 64.8. The number of rotatable bonds is 0. The molecule has 396 valence electrons. The molecule has 74 heavy (non-hydrogen) atoms. The van der Waals surface area contributed by atoms with Crippen LogP contribution in [0.25, 0.3) is 0 Å². The van der Waals surface area contributed by atoms with E-state index in [1.165, 1.54) is 65.4 Å². The van der Waals surface area contributed by atoms with Gasteiger partial charge in [0.05, 0.1) is 36.2 Å². The van der Waals surface area contributed by atoms with Gasteiger partial charge in [-0.3, -0.25) is 35.2 Å². The summed E-state index contributed by atoms with van der Waals surface area (Å²) in [6.07, 6.45) is 17.9. The van der Waals surface area contributed by atoms with E-state index in [4.69, 9.17) is 4.52 Å². The largest absolute Gasteiger partial charge is 0.361 e. The molecule has 0 amide bonds. The van der Waals surface area contributed by atoms with Crippen molar-refractivity contribution in [2.24, 2.45) is 0 Å². The molecule has 0 spiro atoms. The lowest BCUT2D eigenvalue weighted by Gasteiger charge is -1.93. The number of aromatic amines is 3. The van der Waals surface area contributed by atoms with Crippen LogP contribution in [-0.4, -0.2) is 60.1 Å². The minimum Gasteiger partial charge on any atom is -0.361 e. The zero-order chi connectivity index (χ0) is 55.6. The maximum atomic E-state index is 4.71. The fraction of sp³-hybridized carbons (Fsp3) is 0.339. The summed E-state index contributed by atoms with van der Waals surface area (Å²) in [6.45, 7) is 40.7. The van der Waals surface area contributed by atoms with Gasteiger partial charge in [-0.15, -0.1) is 11.3 Å². The van der Waals surface area contributed by atoms with Crippen molar-refractivity contribution in [2.45, 2.75) is 138 Å². The molecular weight excluding hydrogens is 957 g/mol. The van der Waals surface area contributed by atoms with Crippen molar-refractivity contribution in [2.75, 3.05) is 0 Å². The number of hydrogen-bond donors (Lipinski definition) is 3. The minimum atomic E-state index is 0.903.